The maximum atomic E-state index is 5.09. The second kappa shape index (κ2) is 3.68. The van der Waals surface area contributed by atoms with E-state index < -0.39 is 0 Å². The average Bonchev–Trinajstić information content (AvgIpc) is 2.40. The fourth-order valence-electron chi connectivity index (χ4n) is 0.683. The second-order valence-electron chi connectivity index (χ2n) is 2.18. The van der Waals surface area contributed by atoms with Gasteiger partial charge in [-0.3, -0.25) is 0 Å². The predicted octanol–water partition coefficient (Wildman–Crippen LogP) is 1.72. The van der Waals surface area contributed by atoms with Crippen molar-refractivity contribution in [3.8, 4) is 0 Å². The molecule has 1 unspecified atom stereocenters. The van der Waals surface area contributed by atoms with Crippen molar-refractivity contribution < 1.29 is 4.74 Å². The number of methoxy groups -OCH3 is 1. The van der Waals surface area contributed by atoms with Crippen molar-refractivity contribution in [3.05, 3.63) is 16.6 Å². The summed E-state index contributed by atoms with van der Waals surface area (Å²) in [6.45, 7) is 2.04. The van der Waals surface area contributed by atoms with Crippen molar-refractivity contribution in [3.63, 3.8) is 0 Å². The van der Waals surface area contributed by atoms with Crippen molar-refractivity contribution in [2.24, 2.45) is 0 Å². The number of nitrogens with zero attached hydrogens (tertiary/aromatic N) is 1. The van der Waals surface area contributed by atoms with E-state index in [0.29, 0.717) is 0 Å². The van der Waals surface area contributed by atoms with Crippen LogP contribution in [0.2, 0.25) is 0 Å². The Morgan fingerprint density at radius 1 is 1.80 bits per heavy atom. The number of rotatable bonds is 3. The zero-order valence-corrected chi connectivity index (χ0v) is 7.02. The summed E-state index contributed by atoms with van der Waals surface area (Å²) in [5, 5.41) is 3.13. The third-order valence-corrected chi connectivity index (χ3v) is 2.15. The zero-order chi connectivity index (χ0) is 7.40. The van der Waals surface area contributed by atoms with Crippen LogP contribution in [-0.2, 0) is 11.2 Å². The molecule has 0 amide bonds. The molecule has 3 heteroatoms. The van der Waals surface area contributed by atoms with Gasteiger partial charge in [-0.05, 0) is 6.92 Å². The van der Waals surface area contributed by atoms with Gasteiger partial charge in [0.25, 0.3) is 0 Å². The van der Waals surface area contributed by atoms with Crippen LogP contribution in [0.25, 0.3) is 0 Å². The van der Waals surface area contributed by atoms with Gasteiger partial charge in [0, 0.05) is 25.1 Å². The minimum absolute atomic E-state index is 0.283. The third-order valence-electron chi connectivity index (χ3n) is 1.35. The van der Waals surface area contributed by atoms with E-state index in [1.54, 1.807) is 18.4 Å². The molecule has 0 bridgehead atoms. The minimum Gasteiger partial charge on any atom is -0.381 e. The standard InChI is InChI=1S/C7H11NOS/c1-6(9-2)5-7-8-3-4-10-7/h3-4,6H,5H2,1-2H3. The van der Waals surface area contributed by atoms with Crippen molar-refractivity contribution in [2.75, 3.05) is 7.11 Å². The van der Waals surface area contributed by atoms with Gasteiger partial charge in [0.1, 0.15) is 0 Å². The first kappa shape index (κ1) is 7.69. The first-order valence-corrected chi connectivity index (χ1v) is 4.12. The summed E-state index contributed by atoms with van der Waals surface area (Å²) >= 11 is 1.68. The monoisotopic (exact) mass is 157 g/mol. The van der Waals surface area contributed by atoms with Crippen LogP contribution >= 0.6 is 11.3 Å². The smallest absolute Gasteiger partial charge is 0.0950 e. The van der Waals surface area contributed by atoms with Crippen molar-refractivity contribution in [1.82, 2.24) is 4.98 Å². The Balaban J connectivity index is 2.40. The second-order valence-corrected chi connectivity index (χ2v) is 3.16. The van der Waals surface area contributed by atoms with Gasteiger partial charge >= 0.3 is 0 Å². The highest BCUT2D eigenvalue weighted by Crippen LogP contribution is 2.07. The third kappa shape index (κ3) is 2.08. The quantitative estimate of drug-likeness (QED) is 0.666. The number of thiazole rings is 1. The van der Waals surface area contributed by atoms with E-state index in [4.69, 9.17) is 4.74 Å². The van der Waals surface area contributed by atoms with Crippen LogP contribution in [0.4, 0.5) is 0 Å². The lowest BCUT2D eigenvalue weighted by Gasteiger charge is -2.04. The Labute approximate surface area is 64.9 Å². The Kier molecular flexibility index (Phi) is 2.83. The SMILES string of the molecule is COC(C)Cc1nccs1. The van der Waals surface area contributed by atoms with Gasteiger partial charge in [0.2, 0.25) is 0 Å². The van der Waals surface area contributed by atoms with E-state index in [2.05, 4.69) is 4.98 Å². The molecule has 56 valence electrons. The molecule has 0 saturated heterocycles. The molecule has 1 aromatic heterocycles. The molecule has 0 spiro atoms. The molecule has 1 atom stereocenters. The van der Waals surface area contributed by atoms with E-state index in [-0.39, 0.29) is 6.10 Å². The molecule has 0 aliphatic carbocycles. The van der Waals surface area contributed by atoms with Crippen LogP contribution < -0.4 is 0 Å². The van der Waals surface area contributed by atoms with E-state index in [0.717, 1.165) is 11.4 Å². The van der Waals surface area contributed by atoms with Crippen molar-refractivity contribution >= 4 is 11.3 Å². The summed E-state index contributed by atoms with van der Waals surface area (Å²) in [4.78, 5) is 4.14. The van der Waals surface area contributed by atoms with Gasteiger partial charge < -0.3 is 4.74 Å². The minimum atomic E-state index is 0.283. The fraction of sp³-hybridized carbons (Fsp3) is 0.571. The van der Waals surface area contributed by atoms with Crippen LogP contribution in [0.1, 0.15) is 11.9 Å². The highest BCUT2D eigenvalue weighted by atomic mass is 32.1. The molecule has 0 aliphatic rings. The molecule has 0 aromatic carbocycles. The molecular formula is C7H11NOS. The Morgan fingerprint density at radius 3 is 3.10 bits per heavy atom. The van der Waals surface area contributed by atoms with Gasteiger partial charge in [-0.2, -0.15) is 0 Å². The number of ether oxygens (including phenoxy) is 1. The van der Waals surface area contributed by atoms with Crippen LogP contribution in [0, 0.1) is 0 Å². The molecule has 1 rings (SSSR count). The van der Waals surface area contributed by atoms with Crippen molar-refractivity contribution in [2.45, 2.75) is 19.4 Å². The normalized spacial score (nSPS) is 13.4. The van der Waals surface area contributed by atoms with Gasteiger partial charge in [0.05, 0.1) is 11.1 Å². The molecule has 0 fully saturated rings. The van der Waals surface area contributed by atoms with Crippen molar-refractivity contribution in [1.29, 1.82) is 0 Å². The zero-order valence-electron chi connectivity index (χ0n) is 6.20. The van der Waals surface area contributed by atoms with E-state index >= 15 is 0 Å². The molecular weight excluding hydrogens is 146 g/mol. The van der Waals surface area contributed by atoms with E-state index in [1.165, 1.54) is 0 Å². The Hall–Kier alpha value is -0.410. The van der Waals surface area contributed by atoms with Crippen LogP contribution in [0.3, 0.4) is 0 Å². The van der Waals surface area contributed by atoms with Gasteiger partial charge in [-0.15, -0.1) is 11.3 Å². The topological polar surface area (TPSA) is 22.1 Å². The largest absolute Gasteiger partial charge is 0.381 e. The molecule has 2 nitrogen and oxygen atoms in total. The van der Waals surface area contributed by atoms with Gasteiger partial charge in [-0.1, -0.05) is 0 Å². The summed E-state index contributed by atoms with van der Waals surface area (Å²) < 4.78 is 5.09. The maximum Gasteiger partial charge on any atom is 0.0950 e. The van der Waals surface area contributed by atoms with Gasteiger partial charge in [-0.25, -0.2) is 4.98 Å². The lowest BCUT2D eigenvalue weighted by atomic mass is 10.3. The molecule has 1 aromatic rings. The average molecular weight is 157 g/mol. The lowest BCUT2D eigenvalue weighted by molar-refractivity contribution is 0.119. The number of aromatic nitrogens is 1. The predicted molar refractivity (Wildman–Crippen MR) is 42.3 cm³/mol. The highest BCUT2D eigenvalue weighted by molar-refractivity contribution is 7.09. The first-order chi connectivity index (χ1) is 4.83. The summed E-state index contributed by atoms with van der Waals surface area (Å²) in [5.74, 6) is 0. The van der Waals surface area contributed by atoms with Crippen LogP contribution in [-0.4, -0.2) is 18.2 Å². The molecule has 10 heavy (non-hydrogen) atoms. The van der Waals surface area contributed by atoms with E-state index in [9.17, 15) is 0 Å². The lowest BCUT2D eigenvalue weighted by Crippen LogP contribution is -2.07. The maximum absolute atomic E-state index is 5.09. The number of hydrogen-bond acceptors (Lipinski definition) is 3. The molecule has 0 radical (unpaired) electrons. The fourth-order valence-corrected chi connectivity index (χ4v) is 1.41. The Bertz CT molecular complexity index is 174. The summed E-state index contributed by atoms with van der Waals surface area (Å²) in [5.41, 5.74) is 0. The molecule has 0 saturated carbocycles. The summed E-state index contributed by atoms with van der Waals surface area (Å²) in [6.07, 6.45) is 3.03. The Morgan fingerprint density at radius 2 is 2.60 bits per heavy atom. The molecule has 0 N–H and O–H groups in total. The van der Waals surface area contributed by atoms with Gasteiger partial charge in [0.15, 0.2) is 0 Å². The first-order valence-electron chi connectivity index (χ1n) is 3.24. The number of hydrogen-bond donors (Lipinski definition) is 0. The van der Waals surface area contributed by atoms with Crippen LogP contribution in [0.15, 0.2) is 11.6 Å². The van der Waals surface area contributed by atoms with Crippen LogP contribution in [0.5, 0.6) is 0 Å². The molecule has 1 heterocycles. The van der Waals surface area contributed by atoms with E-state index in [1.807, 2.05) is 18.5 Å². The molecule has 0 aliphatic heterocycles. The highest BCUT2D eigenvalue weighted by Gasteiger charge is 2.02. The summed E-state index contributed by atoms with van der Waals surface area (Å²) in [7, 11) is 1.72. The summed E-state index contributed by atoms with van der Waals surface area (Å²) in [6, 6.07) is 0.